The number of carbonyl (C=O) groups excluding carboxylic acids is 2. The van der Waals surface area contributed by atoms with Crippen LogP contribution in [0.5, 0.6) is 0 Å². The molecule has 0 spiro atoms. The molecule has 0 saturated carbocycles. The Bertz CT molecular complexity index is 429. The van der Waals surface area contributed by atoms with Crippen molar-refractivity contribution in [2.45, 2.75) is 58.8 Å². The summed E-state index contributed by atoms with van der Waals surface area (Å²) >= 11 is 0. The fraction of sp³-hybridized carbons (Fsp3) is 0.750. The molecule has 1 aliphatic heterocycles. The van der Waals surface area contributed by atoms with Crippen LogP contribution in [0.1, 0.15) is 58.8 Å². The number of allylic oxidation sites excluding steroid dienone is 1. The highest BCUT2D eigenvalue weighted by atomic mass is 16.3. The van der Waals surface area contributed by atoms with Gasteiger partial charge in [-0.25, -0.2) is 0 Å². The molecule has 2 aliphatic rings. The Labute approximate surface area is 120 Å². The predicted molar refractivity (Wildman–Crippen MR) is 77.3 cm³/mol. The first-order valence-electron chi connectivity index (χ1n) is 7.61. The van der Waals surface area contributed by atoms with Gasteiger partial charge >= 0.3 is 0 Å². The lowest BCUT2D eigenvalue weighted by molar-refractivity contribution is -0.132. The summed E-state index contributed by atoms with van der Waals surface area (Å²) in [5.74, 6) is 0.0397. The van der Waals surface area contributed by atoms with Gasteiger partial charge in [0.2, 0.25) is 5.91 Å². The highest BCUT2D eigenvalue weighted by molar-refractivity contribution is 6.01. The Morgan fingerprint density at radius 3 is 2.30 bits per heavy atom. The van der Waals surface area contributed by atoms with E-state index in [0.29, 0.717) is 18.4 Å². The van der Waals surface area contributed by atoms with Gasteiger partial charge in [0.05, 0.1) is 6.42 Å². The van der Waals surface area contributed by atoms with Crippen LogP contribution in [0, 0.1) is 5.41 Å². The standard InChI is InChI=1S/C16H25NO3/c1-16(2)10-13(18)12(14(19)11-16)9-15(20)17-7-5-3-4-6-8-17/h18H,3-11H2,1-2H3. The Hall–Kier alpha value is -1.32. The largest absolute Gasteiger partial charge is 0.512 e. The average molecular weight is 279 g/mol. The summed E-state index contributed by atoms with van der Waals surface area (Å²) in [6.07, 6.45) is 5.40. The molecule has 112 valence electrons. The van der Waals surface area contributed by atoms with Gasteiger partial charge in [0.15, 0.2) is 5.78 Å². The average Bonchev–Trinajstić information content (AvgIpc) is 2.61. The number of rotatable bonds is 2. The topological polar surface area (TPSA) is 57.6 Å². The molecule has 0 aromatic carbocycles. The predicted octanol–water partition coefficient (Wildman–Crippen LogP) is 2.98. The van der Waals surface area contributed by atoms with Gasteiger partial charge in [-0.1, -0.05) is 26.7 Å². The summed E-state index contributed by atoms with van der Waals surface area (Å²) in [4.78, 5) is 26.3. The van der Waals surface area contributed by atoms with Gasteiger partial charge < -0.3 is 10.0 Å². The third-order valence-electron chi connectivity index (χ3n) is 4.26. The Morgan fingerprint density at radius 2 is 1.75 bits per heavy atom. The zero-order valence-electron chi connectivity index (χ0n) is 12.6. The number of hydrogen-bond donors (Lipinski definition) is 1. The molecule has 0 aromatic heterocycles. The van der Waals surface area contributed by atoms with Gasteiger partial charge in [-0.05, 0) is 18.3 Å². The molecule has 0 bridgehead atoms. The molecule has 4 heteroatoms. The first-order valence-corrected chi connectivity index (χ1v) is 7.61. The maximum absolute atomic E-state index is 12.3. The molecule has 0 radical (unpaired) electrons. The normalized spacial score (nSPS) is 23.7. The Kier molecular flexibility index (Phi) is 4.51. The summed E-state index contributed by atoms with van der Waals surface area (Å²) in [5.41, 5.74) is 0.148. The molecule has 1 heterocycles. The van der Waals surface area contributed by atoms with Crippen molar-refractivity contribution in [3.05, 3.63) is 11.3 Å². The van der Waals surface area contributed by atoms with E-state index in [9.17, 15) is 14.7 Å². The molecule has 1 N–H and O–H groups in total. The molecular weight excluding hydrogens is 254 g/mol. The van der Waals surface area contributed by atoms with Crippen LogP contribution in [0.4, 0.5) is 0 Å². The monoisotopic (exact) mass is 279 g/mol. The van der Waals surface area contributed by atoms with E-state index in [1.807, 2.05) is 18.7 Å². The van der Waals surface area contributed by atoms with Crippen LogP contribution in [-0.4, -0.2) is 34.8 Å². The minimum Gasteiger partial charge on any atom is -0.512 e. The van der Waals surface area contributed by atoms with E-state index in [1.165, 1.54) is 12.8 Å². The summed E-state index contributed by atoms with van der Waals surface area (Å²) in [5, 5.41) is 10.1. The zero-order chi connectivity index (χ0) is 14.8. The summed E-state index contributed by atoms with van der Waals surface area (Å²) in [6, 6.07) is 0. The molecule has 1 amide bonds. The Balaban J connectivity index is 2.04. The summed E-state index contributed by atoms with van der Waals surface area (Å²) in [6.45, 7) is 5.50. The van der Waals surface area contributed by atoms with E-state index < -0.39 is 0 Å². The van der Waals surface area contributed by atoms with Crippen LogP contribution in [0.2, 0.25) is 0 Å². The summed E-state index contributed by atoms with van der Waals surface area (Å²) < 4.78 is 0. The lowest BCUT2D eigenvalue weighted by Gasteiger charge is -2.30. The minimum absolute atomic E-state index is 0.0125. The van der Waals surface area contributed by atoms with Crippen LogP contribution in [0.15, 0.2) is 11.3 Å². The number of ketones is 1. The van der Waals surface area contributed by atoms with Gasteiger partial charge in [-0.15, -0.1) is 0 Å². The van der Waals surface area contributed by atoms with Crippen molar-refractivity contribution in [3.8, 4) is 0 Å². The lowest BCUT2D eigenvalue weighted by atomic mass is 9.76. The first kappa shape index (κ1) is 15.1. The molecule has 4 nitrogen and oxygen atoms in total. The zero-order valence-corrected chi connectivity index (χ0v) is 12.6. The number of hydrogen-bond acceptors (Lipinski definition) is 3. The number of amides is 1. The number of aliphatic hydroxyl groups excluding tert-OH is 1. The second-order valence-electron chi connectivity index (χ2n) is 6.84. The van der Waals surface area contributed by atoms with Crippen molar-refractivity contribution in [1.29, 1.82) is 0 Å². The van der Waals surface area contributed by atoms with Crippen molar-refractivity contribution in [2.24, 2.45) is 5.41 Å². The molecule has 1 aliphatic carbocycles. The van der Waals surface area contributed by atoms with E-state index in [-0.39, 0.29) is 29.3 Å². The second-order valence-corrected chi connectivity index (χ2v) is 6.84. The highest BCUT2D eigenvalue weighted by Gasteiger charge is 2.34. The molecule has 1 fully saturated rings. The van der Waals surface area contributed by atoms with Gasteiger partial charge in [0, 0.05) is 31.5 Å². The third kappa shape index (κ3) is 3.62. The molecular formula is C16H25NO3. The first-order chi connectivity index (χ1) is 9.39. The van der Waals surface area contributed by atoms with Crippen molar-refractivity contribution < 1.29 is 14.7 Å². The van der Waals surface area contributed by atoms with Crippen LogP contribution in [-0.2, 0) is 9.59 Å². The fourth-order valence-electron chi connectivity index (χ4n) is 3.11. The van der Waals surface area contributed by atoms with Crippen LogP contribution in [0.25, 0.3) is 0 Å². The number of nitrogens with zero attached hydrogens (tertiary/aromatic N) is 1. The molecule has 20 heavy (non-hydrogen) atoms. The number of Topliss-reactive ketones (excluding diaryl/α,β-unsaturated/α-hetero) is 1. The van der Waals surface area contributed by atoms with Crippen molar-refractivity contribution in [3.63, 3.8) is 0 Å². The molecule has 0 unspecified atom stereocenters. The van der Waals surface area contributed by atoms with Gasteiger partial charge in [-0.3, -0.25) is 9.59 Å². The van der Waals surface area contributed by atoms with Crippen LogP contribution >= 0.6 is 0 Å². The highest BCUT2D eigenvalue weighted by Crippen LogP contribution is 2.36. The van der Waals surface area contributed by atoms with E-state index in [4.69, 9.17) is 0 Å². The molecule has 0 aromatic rings. The van der Waals surface area contributed by atoms with Crippen LogP contribution < -0.4 is 0 Å². The van der Waals surface area contributed by atoms with Crippen molar-refractivity contribution >= 4 is 11.7 Å². The van der Waals surface area contributed by atoms with Gasteiger partial charge in [-0.2, -0.15) is 0 Å². The van der Waals surface area contributed by atoms with Crippen LogP contribution in [0.3, 0.4) is 0 Å². The van der Waals surface area contributed by atoms with Crippen molar-refractivity contribution in [1.82, 2.24) is 4.90 Å². The molecule has 2 rings (SSSR count). The van der Waals surface area contributed by atoms with Crippen molar-refractivity contribution in [2.75, 3.05) is 13.1 Å². The number of aliphatic hydroxyl groups is 1. The summed E-state index contributed by atoms with van der Waals surface area (Å²) in [7, 11) is 0. The lowest BCUT2D eigenvalue weighted by Crippen LogP contribution is -2.34. The quantitative estimate of drug-likeness (QED) is 0.845. The molecule has 1 saturated heterocycles. The van der Waals surface area contributed by atoms with E-state index in [0.717, 1.165) is 25.9 Å². The van der Waals surface area contributed by atoms with Gasteiger partial charge in [0.1, 0.15) is 5.76 Å². The minimum atomic E-state index is -0.198. The van der Waals surface area contributed by atoms with E-state index in [2.05, 4.69) is 0 Å². The van der Waals surface area contributed by atoms with E-state index in [1.54, 1.807) is 0 Å². The SMILES string of the molecule is CC1(C)CC(=O)C(CC(=O)N2CCCCCC2)=C(O)C1. The maximum atomic E-state index is 12.3. The second kappa shape index (κ2) is 5.98. The Morgan fingerprint density at radius 1 is 1.15 bits per heavy atom. The number of carbonyl (C=O) groups is 2. The number of likely N-dealkylation sites (tertiary alicyclic amines) is 1. The fourth-order valence-corrected chi connectivity index (χ4v) is 3.11. The smallest absolute Gasteiger partial charge is 0.227 e. The van der Waals surface area contributed by atoms with Gasteiger partial charge in [0.25, 0.3) is 0 Å². The third-order valence-corrected chi connectivity index (χ3v) is 4.26. The maximum Gasteiger partial charge on any atom is 0.227 e. The van der Waals surface area contributed by atoms with E-state index >= 15 is 0 Å². The molecule has 0 atom stereocenters.